The number of phenolic OH excluding ortho intramolecular Hbond substituents is 1. The van der Waals surface area contributed by atoms with Crippen molar-refractivity contribution in [2.75, 3.05) is 13.1 Å². The normalized spacial score (nSPS) is 20.9. The van der Waals surface area contributed by atoms with Crippen LogP contribution in [0.15, 0.2) is 24.3 Å². The third kappa shape index (κ3) is 4.23. The predicted octanol–water partition coefficient (Wildman–Crippen LogP) is 2.51. The molecule has 4 nitrogen and oxygen atoms in total. The lowest BCUT2D eigenvalue weighted by Gasteiger charge is -2.24. The average molecular weight is 277 g/mol. The van der Waals surface area contributed by atoms with Crippen molar-refractivity contribution in [2.45, 2.75) is 38.6 Å². The molecule has 1 aromatic carbocycles. The van der Waals surface area contributed by atoms with Crippen LogP contribution in [0, 0.1) is 5.92 Å². The van der Waals surface area contributed by atoms with E-state index < -0.39 is 5.97 Å². The number of nitrogens with zero attached hydrogens (tertiary/aromatic N) is 1. The molecule has 0 amide bonds. The van der Waals surface area contributed by atoms with Gasteiger partial charge in [0, 0.05) is 19.0 Å². The maximum absolute atomic E-state index is 10.6. The number of phenols is 1. The molecular formula is C16H23NO3. The minimum absolute atomic E-state index is 0.283. The fourth-order valence-corrected chi connectivity index (χ4v) is 2.93. The minimum atomic E-state index is -0.694. The zero-order valence-corrected chi connectivity index (χ0v) is 12.0. The van der Waals surface area contributed by atoms with E-state index in [4.69, 9.17) is 5.11 Å². The molecule has 1 aliphatic heterocycles. The first kappa shape index (κ1) is 14.9. The molecule has 0 saturated carbocycles. The first-order chi connectivity index (χ1) is 9.54. The van der Waals surface area contributed by atoms with Crippen molar-refractivity contribution in [3.8, 4) is 5.75 Å². The van der Waals surface area contributed by atoms with Gasteiger partial charge in [0.05, 0.1) is 0 Å². The molecule has 0 radical (unpaired) electrons. The van der Waals surface area contributed by atoms with Crippen molar-refractivity contribution in [2.24, 2.45) is 5.92 Å². The van der Waals surface area contributed by atoms with E-state index in [1.165, 1.54) is 5.56 Å². The first-order valence-corrected chi connectivity index (χ1v) is 7.28. The van der Waals surface area contributed by atoms with E-state index in [0.717, 1.165) is 32.4 Å². The highest BCUT2D eigenvalue weighted by atomic mass is 16.4. The molecule has 1 aliphatic rings. The molecule has 0 bridgehead atoms. The number of benzene rings is 1. The lowest BCUT2D eigenvalue weighted by Crippen LogP contribution is -2.32. The molecule has 0 spiro atoms. The molecule has 110 valence electrons. The number of carboxylic acids is 1. The standard InChI is InChI=1S/C16H23NO3/c1-12(10-13-2-5-15(18)6-3-13)17-9-8-14(11-17)4-7-16(19)20/h2-3,5-6,12,14,18H,4,7-11H2,1H3,(H,19,20). The maximum Gasteiger partial charge on any atom is 0.303 e. The quantitative estimate of drug-likeness (QED) is 0.838. The van der Waals surface area contributed by atoms with Crippen molar-refractivity contribution in [1.82, 2.24) is 4.90 Å². The second kappa shape index (κ2) is 6.75. The number of rotatable bonds is 6. The van der Waals surface area contributed by atoms with Crippen LogP contribution in [0.1, 0.15) is 31.7 Å². The molecule has 4 heteroatoms. The molecule has 2 atom stereocenters. The van der Waals surface area contributed by atoms with Crippen LogP contribution in [0.5, 0.6) is 5.75 Å². The van der Waals surface area contributed by atoms with Gasteiger partial charge in [0.2, 0.25) is 0 Å². The highest BCUT2D eigenvalue weighted by molar-refractivity contribution is 5.66. The summed E-state index contributed by atoms with van der Waals surface area (Å²) in [6, 6.07) is 7.83. The molecule has 2 N–H and O–H groups in total. The Morgan fingerprint density at radius 1 is 1.40 bits per heavy atom. The molecule has 1 heterocycles. The number of aliphatic carboxylic acids is 1. The SMILES string of the molecule is CC(Cc1ccc(O)cc1)N1CCC(CCC(=O)O)C1. The number of hydrogen-bond acceptors (Lipinski definition) is 3. The van der Waals surface area contributed by atoms with Crippen LogP contribution in [0.4, 0.5) is 0 Å². The monoisotopic (exact) mass is 277 g/mol. The number of likely N-dealkylation sites (tertiary alicyclic amines) is 1. The highest BCUT2D eigenvalue weighted by Gasteiger charge is 2.26. The molecule has 2 rings (SSSR count). The van der Waals surface area contributed by atoms with Gasteiger partial charge in [-0.25, -0.2) is 0 Å². The Labute approximate surface area is 120 Å². The zero-order chi connectivity index (χ0) is 14.5. The summed E-state index contributed by atoms with van der Waals surface area (Å²) in [6.45, 7) is 4.28. The molecule has 0 aromatic heterocycles. The molecule has 2 unspecified atom stereocenters. The Morgan fingerprint density at radius 2 is 2.10 bits per heavy atom. The van der Waals surface area contributed by atoms with Gasteiger partial charge < -0.3 is 15.1 Å². The molecule has 1 fully saturated rings. The highest BCUT2D eigenvalue weighted by Crippen LogP contribution is 2.24. The average Bonchev–Trinajstić information content (AvgIpc) is 2.88. The van der Waals surface area contributed by atoms with Crippen molar-refractivity contribution in [1.29, 1.82) is 0 Å². The van der Waals surface area contributed by atoms with Crippen LogP contribution in [-0.4, -0.2) is 40.2 Å². The summed E-state index contributed by atoms with van der Waals surface area (Å²) in [5, 5.41) is 18.0. The smallest absolute Gasteiger partial charge is 0.303 e. The van der Waals surface area contributed by atoms with E-state index in [1.807, 2.05) is 12.1 Å². The first-order valence-electron chi connectivity index (χ1n) is 7.28. The van der Waals surface area contributed by atoms with Crippen molar-refractivity contribution >= 4 is 5.97 Å². The Morgan fingerprint density at radius 3 is 2.75 bits per heavy atom. The Bertz CT molecular complexity index is 444. The third-order valence-electron chi connectivity index (χ3n) is 4.17. The van der Waals surface area contributed by atoms with E-state index in [9.17, 15) is 9.90 Å². The van der Waals surface area contributed by atoms with Gasteiger partial charge in [-0.3, -0.25) is 4.79 Å². The number of carboxylic acid groups (broad SMARTS) is 1. The summed E-state index contributed by atoms with van der Waals surface area (Å²) < 4.78 is 0. The Hall–Kier alpha value is -1.55. The molecule has 1 aromatic rings. The second-order valence-electron chi connectivity index (χ2n) is 5.80. The van der Waals surface area contributed by atoms with E-state index in [-0.39, 0.29) is 6.42 Å². The van der Waals surface area contributed by atoms with Crippen LogP contribution in [0.2, 0.25) is 0 Å². The summed E-state index contributed by atoms with van der Waals surface area (Å²) in [5.41, 5.74) is 1.23. The van der Waals surface area contributed by atoms with Crippen molar-refractivity contribution in [3.05, 3.63) is 29.8 Å². The van der Waals surface area contributed by atoms with E-state index in [0.29, 0.717) is 17.7 Å². The number of aromatic hydroxyl groups is 1. The fraction of sp³-hybridized carbons (Fsp3) is 0.562. The summed E-state index contributed by atoms with van der Waals surface area (Å²) in [7, 11) is 0. The second-order valence-corrected chi connectivity index (χ2v) is 5.80. The number of carbonyl (C=O) groups is 1. The Kier molecular flexibility index (Phi) is 5.01. The summed E-state index contributed by atoms with van der Waals surface area (Å²) >= 11 is 0. The third-order valence-corrected chi connectivity index (χ3v) is 4.17. The van der Waals surface area contributed by atoms with Gasteiger partial charge in [0.15, 0.2) is 0 Å². The van der Waals surface area contributed by atoms with Crippen molar-refractivity contribution < 1.29 is 15.0 Å². The van der Waals surface area contributed by atoms with Crippen LogP contribution in [0.3, 0.4) is 0 Å². The van der Waals surface area contributed by atoms with Gasteiger partial charge in [-0.15, -0.1) is 0 Å². The van der Waals surface area contributed by atoms with Crippen LogP contribution in [-0.2, 0) is 11.2 Å². The van der Waals surface area contributed by atoms with Gasteiger partial charge in [-0.05, 0) is 56.3 Å². The van der Waals surface area contributed by atoms with Gasteiger partial charge in [-0.2, -0.15) is 0 Å². The Balaban J connectivity index is 1.80. The zero-order valence-electron chi connectivity index (χ0n) is 12.0. The fourth-order valence-electron chi connectivity index (χ4n) is 2.93. The lowest BCUT2D eigenvalue weighted by atomic mass is 10.0. The van der Waals surface area contributed by atoms with Crippen molar-refractivity contribution in [3.63, 3.8) is 0 Å². The van der Waals surface area contributed by atoms with Gasteiger partial charge in [-0.1, -0.05) is 12.1 Å². The van der Waals surface area contributed by atoms with Crippen LogP contribution >= 0.6 is 0 Å². The van der Waals surface area contributed by atoms with E-state index in [1.54, 1.807) is 12.1 Å². The van der Waals surface area contributed by atoms with E-state index in [2.05, 4.69) is 11.8 Å². The molecule has 1 saturated heterocycles. The summed E-state index contributed by atoms with van der Waals surface area (Å²) in [5.74, 6) is 0.130. The summed E-state index contributed by atoms with van der Waals surface area (Å²) in [6.07, 6.45) is 3.14. The maximum atomic E-state index is 10.6. The van der Waals surface area contributed by atoms with Gasteiger partial charge >= 0.3 is 5.97 Å². The van der Waals surface area contributed by atoms with Gasteiger partial charge in [0.25, 0.3) is 0 Å². The largest absolute Gasteiger partial charge is 0.508 e. The predicted molar refractivity (Wildman–Crippen MR) is 77.8 cm³/mol. The van der Waals surface area contributed by atoms with Gasteiger partial charge in [0.1, 0.15) is 5.75 Å². The molecule has 0 aliphatic carbocycles. The molecular weight excluding hydrogens is 254 g/mol. The number of hydrogen-bond donors (Lipinski definition) is 2. The van der Waals surface area contributed by atoms with Crippen LogP contribution in [0.25, 0.3) is 0 Å². The minimum Gasteiger partial charge on any atom is -0.508 e. The van der Waals surface area contributed by atoms with E-state index >= 15 is 0 Å². The lowest BCUT2D eigenvalue weighted by molar-refractivity contribution is -0.137. The summed E-state index contributed by atoms with van der Waals surface area (Å²) in [4.78, 5) is 13.0. The topological polar surface area (TPSA) is 60.8 Å². The van der Waals surface area contributed by atoms with Crippen LogP contribution < -0.4 is 0 Å². The molecule has 20 heavy (non-hydrogen) atoms.